The molecule has 6 heteroatoms. The van der Waals surface area contributed by atoms with Gasteiger partial charge in [-0.25, -0.2) is 4.39 Å². The lowest BCUT2D eigenvalue weighted by Gasteiger charge is -2.32. The fourth-order valence-corrected chi connectivity index (χ4v) is 3.72. The molecule has 1 fully saturated rings. The number of carbonyl (C=O) groups is 2. The zero-order valence-electron chi connectivity index (χ0n) is 15.3. The highest BCUT2D eigenvalue weighted by atomic mass is 32.2. The number of rotatable bonds is 5. The SMILES string of the molecule is CSCC(=O)N1CCC[C@H](C(=O)Nc2ccc(-c3cccc(F)c3)cc2)C1. The summed E-state index contributed by atoms with van der Waals surface area (Å²) in [5.74, 6) is 0.0281. The molecule has 1 aliphatic heterocycles. The third-order valence-corrected chi connectivity index (χ3v) is 5.26. The van der Waals surface area contributed by atoms with E-state index in [1.165, 1.54) is 23.9 Å². The van der Waals surface area contributed by atoms with E-state index in [9.17, 15) is 14.0 Å². The van der Waals surface area contributed by atoms with Crippen LogP contribution in [0.2, 0.25) is 0 Å². The van der Waals surface area contributed by atoms with E-state index in [1.807, 2.05) is 36.6 Å². The average molecular weight is 386 g/mol. The van der Waals surface area contributed by atoms with Gasteiger partial charge < -0.3 is 10.2 Å². The van der Waals surface area contributed by atoms with Crippen LogP contribution in [0.1, 0.15) is 12.8 Å². The van der Waals surface area contributed by atoms with Crippen LogP contribution in [0.4, 0.5) is 10.1 Å². The van der Waals surface area contributed by atoms with Crippen molar-refractivity contribution in [2.24, 2.45) is 5.92 Å². The van der Waals surface area contributed by atoms with Gasteiger partial charge in [-0.1, -0.05) is 24.3 Å². The highest BCUT2D eigenvalue weighted by Crippen LogP contribution is 2.23. The van der Waals surface area contributed by atoms with Gasteiger partial charge in [-0.15, -0.1) is 0 Å². The maximum Gasteiger partial charge on any atom is 0.232 e. The van der Waals surface area contributed by atoms with Gasteiger partial charge in [-0.2, -0.15) is 11.8 Å². The van der Waals surface area contributed by atoms with E-state index in [2.05, 4.69) is 5.32 Å². The molecule has 1 aliphatic rings. The molecule has 0 aliphatic carbocycles. The largest absolute Gasteiger partial charge is 0.341 e. The van der Waals surface area contributed by atoms with Crippen molar-refractivity contribution >= 4 is 29.3 Å². The zero-order valence-corrected chi connectivity index (χ0v) is 16.1. The van der Waals surface area contributed by atoms with Gasteiger partial charge in [-0.05, 0) is 54.5 Å². The van der Waals surface area contributed by atoms with Crippen molar-refractivity contribution in [2.75, 3.05) is 30.4 Å². The summed E-state index contributed by atoms with van der Waals surface area (Å²) >= 11 is 1.50. The lowest BCUT2D eigenvalue weighted by molar-refractivity contribution is -0.132. The first-order valence-corrected chi connectivity index (χ1v) is 10.4. The number of nitrogens with zero attached hydrogens (tertiary/aromatic N) is 1. The number of carbonyl (C=O) groups excluding carboxylic acids is 2. The Bertz CT molecular complexity index is 810. The van der Waals surface area contributed by atoms with E-state index in [-0.39, 0.29) is 23.5 Å². The Morgan fingerprint density at radius 1 is 1.19 bits per heavy atom. The number of piperidine rings is 1. The summed E-state index contributed by atoms with van der Waals surface area (Å²) in [6.45, 7) is 1.21. The highest BCUT2D eigenvalue weighted by Gasteiger charge is 2.28. The van der Waals surface area contributed by atoms with Crippen molar-refractivity contribution < 1.29 is 14.0 Å². The van der Waals surface area contributed by atoms with E-state index in [4.69, 9.17) is 0 Å². The van der Waals surface area contributed by atoms with Gasteiger partial charge >= 0.3 is 0 Å². The number of benzene rings is 2. The third kappa shape index (κ3) is 5.10. The fourth-order valence-electron chi connectivity index (χ4n) is 3.29. The lowest BCUT2D eigenvalue weighted by Crippen LogP contribution is -2.44. The van der Waals surface area contributed by atoms with Gasteiger partial charge in [0.2, 0.25) is 11.8 Å². The highest BCUT2D eigenvalue weighted by molar-refractivity contribution is 7.99. The van der Waals surface area contributed by atoms with Gasteiger partial charge in [0.15, 0.2) is 0 Å². The first-order valence-electron chi connectivity index (χ1n) is 9.00. The van der Waals surface area contributed by atoms with Gasteiger partial charge in [0, 0.05) is 18.8 Å². The molecule has 2 amide bonds. The molecule has 142 valence electrons. The smallest absolute Gasteiger partial charge is 0.232 e. The van der Waals surface area contributed by atoms with E-state index < -0.39 is 0 Å². The van der Waals surface area contributed by atoms with Gasteiger partial charge in [0.05, 0.1) is 11.7 Å². The second kappa shape index (κ2) is 9.04. The number of hydrogen-bond acceptors (Lipinski definition) is 3. The Hall–Kier alpha value is -2.34. The Kier molecular flexibility index (Phi) is 6.50. The zero-order chi connectivity index (χ0) is 19.2. The van der Waals surface area contributed by atoms with Crippen LogP contribution in [0.3, 0.4) is 0 Å². The average Bonchev–Trinajstić information content (AvgIpc) is 2.69. The van der Waals surface area contributed by atoms with Crippen molar-refractivity contribution in [3.8, 4) is 11.1 Å². The second-order valence-electron chi connectivity index (χ2n) is 6.69. The van der Waals surface area contributed by atoms with Crippen LogP contribution >= 0.6 is 11.8 Å². The standard InChI is InChI=1S/C21H23FN2O2S/c1-27-14-20(25)24-11-3-5-17(13-24)21(26)23-19-9-7-15(8-10-19)16-4-2-6-18(22)12-16/h2,4,6-10,12,17H,3,5,11,13-14H2,1H3,(H,23,26)/t17-/m0/s1. The fraction of sp³-hybridized carbons (Fsp3) is 0.333. The second-order valence-corrected chi connectivity index (χ2v) is 7.55. The molecule has 3 rings (SSSR count). The molecule has 0 spiro atoms. The molecule has 0 radical (unpaired) electrons. The van der Waals surface area contributed by atoms with Crippen LogP contribution in [-0.2, 0) is 9.59 Å². The van der Waals surface area contributed by atoms with Crippen molar-refractivity contribution in [2.45, 2.75) is 12.8 Å². The van der Waals surface area contributed by atoms with E-state index >= 15 is 0 Å². The molecule has 2 aromatic carbocycles. The Balaban J connectivity index is 1.61. The normalized spacial score (nSPS) is 16.8. The summed E-state index contributed by atoms with van der Waals surface area (Å²) in [7, 11) is 0. The van der Waals surface area contributed by atoms with Gasteiger partial charge in [0.1, 0.15) is 5.82 Å². The number of amides is 2. The summed E-state index contributed by atoms with van der Waals surface area (Å²) in [5.41, 5.74) is 2.38. The quantitative estimate of drug-likeness (QED) is 0.844. The number of thioether (sulfide) groups is 1. The molecule has 1 heterocycles. The molecule has 1 atom stereocenters. The maximum atomic E-state index is 13.4. The molecule has 1 N–H and O–H groups in total. The number of anilines is 1. The summed E-state index contributed by atoms with van der Waals surface area (Å²) in [4.78, 5) is 26.4. The van der Waals surface area contributed by atoms with E-state index in [1.54, 1.807) is 11.0 Å². The summed E-state index contributed by atoms with van der Waals surface area (Å²) in [5, 5.41) is 2.94. The number of nitrogens with one attached hydrogen (secondary N) is 1. The van der Waals surface area contributed by atoms with Crippen molar-refractivity contribution in [3.05, 3.63) is 54.3 Å². The minimum Gasteiger partial charge on any atom is -0.341 e. The minimum absolute atomic E-state index is 0.0600. The van der Waals surface area contributed by atoms with Crippen LogP contribution in [-0.4, -0.2) is 41.8 Å². The summed E-state index contributed by atoms with van der Waals surface area (Å²) in [6, 6.07) is 13.8. The first-order chi connectivity index (χ1) is 13.1. The van der Waals surface area contributed by atoms with Gasteiger partial charge in [0.25, 0.3) is 0 Å². The number of halogens is 1. The summed E-state index contributed by atoms with van der Waals surface area (Å²) in [6.07, 6.45) is 3.53. The molecule has 1 saturated heterocycles. The molecular formula is C21H23FN2O2S. The molecule has 27 heavy (non-hydrogen) atoms. The Labute approximate surface area is 163 Å². The molecular weight excluding hydrogens is 363 g/mol. The maximum absolute atomic E-state index is 13.4. The van der Waals surface area contributed by atoms with E-state index in [0.717, 1.165) is 30.5 Å². The van der Waals surface area contributed by atoms with Crippen LogP contribution in [0.5, 0.6) is 0 Å². The van der Waals surface area contributed by atoms with Crippen molar-refractivity contribution in [1.82, 2.24) is 4.90 Å². The topological polar surface area (TPSA) is 49.4 Å². The predicted octanol–water partition coefficient (Wildman–Crippen LogP) is 4.03. The number of hydrogen-bond donors (Lipinski definition) is 1. The van der Waals surface area contributed by atoms with Crippen molar-refractivity contribution in [1.29, 1.82) is 0 Å². The summed E-state index contributed by atoms with van der Waals surface area (Å²) < 4.78 is 13.4. The monoisotopic (exact) mass is 386 g/mol. The molecule has 0 unspecified atom stereocenters. The predicted molar refractivity (Wildman–Crippen MR) is 108 cm³/mol. The Morgan fingerprint density at radius 2 is 1.96 bits per heavy atom. The molecule has 0 aromatic heterocycles. The molecule has 2 aromatic rings. The van der Waals surface area contributed by atoms with Crippen LogP contribution in [0.15, 0.2) is 48.5 Å². The number of likely N-dealkylation sites (tertiary alicyclic amines) is 1. The molecule has 0 saturated carbocycles. The molecule has 4 nitrogen and oxygen atoms in total. The van der Waals surface area contributed by atoms with Crippen LogP contribution in [0.25, 0.3) is 11.1 Å². The molecule has 0 bridgehead atoms. The van der Waals surface area contributed by atoms with Crippen LogP contribution in [0, 0.1) is 11.7 Å². The van der Waals surface area contributed by atoms with Crippen LogP contribution < -0.4 is 5.32 Å². The minimum atomic E-state index is -0.275. The third-order valence-electron chi connectivity index (χ3n) is 4.72. The Morgan fingerprint density at radius 3 is 2.67 bits per heavy atom. The van der Waals surface area contributed by atoms with Crippen molar-refractivity contribution in [3.63, 3.8) is 0 Å². The van der Waals surface area contributed by atoms with E-state index in [0.29, 0.717) is 18.0 Å². The first kappa shape index (κ1) is 19.4. The van der Waals surface area contributed by atoms with Gasteiger partial charge in [-0.3, -0.25) is 9.59 Å². The lowest BCUT2D eigenvalue weighted by atomic mass is 9.97.